The standard InChI is InChI=1S/C13H16Cl2N2O3S/c1-8(10-2-3-11(14)12(15)5-10)17-6-9(4-13(17)18)7-21(16,19)20/h2-3,5,8-9H,4,6-7H2,1H3,(H2,16,19,20). The van der Waals surface area contributed by atoms with E-state index in [1.54, 1.807) is 23.1 Å². The summed E-state index contributed by atoms with van der Waals surface area (Å²) in [6.45, 7) is 2.24. The first-order valence-electron chi connectivity index (χ1n) is 6.42. The fourth-order valence-electron chi connectivity index (χ4n) is 2.58. The van der Waals surface area contributed by atoms with E-state index in [1.165, 1.54) is 0 Å². The summed E-state index contributed by atoms with van der Waals surface area (Å²) in [6.07, 6.45) is 0.197. The molecule has 2 unspecified atom stereocenters. The molecule has 1 amide bonds. The van der Waals surface area contributed by atoms with Crippen LogP contribution in [0.15, 0.2) is 18.2 Å². The van der Waals surface area contributed by atoms with Gasteiger partial charge in [0.2, 0.25) is 15.9 Å². The van der Waals surface area contributed by atoms with E-state index in [0.29, 0.717) is 16.6 Å². The van der Waals surface area contributed by atoms with Crippen molar-refractivity contribution in [3.05, 3.63) is 33.8 Å². The maximum absolute atomic E-state index is 12.1. The summed E-state index contributed by atoms with van der Waals surface area (Å²) in [4.78, 5) is 13.7. The van der Waals surface area contributed by atoms with Gasteiger partial charge in [0.05, 0.1) is 21.8 Å². The Labute approximate surface area is 134 Å². The number of carbonyl (C=O) groups excluding carboxylic acids is 1. The molecule has 1 aromatic carbocycles. The van der Waals surface area contributed by atoms with Gasteiger partial charge in [0, 0.05) is 18.9 Å². The average Bonchev–Trinajstić information content (AvgIpc) is 2.70. The molecule has 2 N–H and O–H groups in total. The summed E-state index contributed by atoms with van der Waals surface area (Å²) in [5, 5.41) is 5.92. The van der Waals surface area contributed by atoms with Crippen molar-refractivity contribution in [1.82, 2.24) is 4.90 Å². The maximum Gasteiger partial charge on any atom is 0.223 e. The summed E-state index contributed by atoms with van der Waals surface area (Å²) in [6, 6.07) is 5.00. The number of benzene rings is 1. The summed E-state index contributed by atoms with van der Waals surface area (Å²) in [5.74, 6) is -0.525. The molecule has 5 nitrogen and oxygen atoms in total. The van der Waals surface area contributed by atoms with Crippen molar-refractivity contribution in [3.8, 4) is 0 Å². The van der Waals surface area contributed by atoms with Gasteiger partial charge in [0.15, 0.2) is 0 Å². The molecule has 1 saturated heterocycles. The van der Waals surface area contributed by atoms with E-state index < -0.39 is 10.0 Å². The lowest BCUT2D eigenvalue weighted by molar-refractivity contribution is -0.129. The van der Waals surface area contributed by atoms with E-state index in [2.05, 4.69) is 0 Å². The fourth-order valence-corrected chi connectivity index (χ4v) is 3.76. The van der Waals surface area contributed by atoms with Crippen LogP contribution in [0, 0.1) is 5.92 Å². The summed E-state index contributed by atoms with van der Waals surface area (Å²) < 4.78 is 22.3. The van der Waals surface area contributed by atoms with E-state index in [-0.39, 0.29) is 30.0 Å². The van der Waals surface area contributed by atoms with Gasteiger partial charge in [-0.1, -0.05) is 29.3 Å². The number of sulfonamides is 1. The molecule has 21 heavy (non-hydrogen) atoms. The van der Waals surface area contributed by atoms with Crippen molar-refractivity contribution in [2.45, 2.75) is 19.4 Å². The number of hydrogen-bond acceptors (Lipinski definition) is 3. The van der Waals surface area contributed by atoms with Gasteiger partial charge in [-0.05, 0) is 24.6 Å². The van der Waals surface area contributed by atoms with Crippen LogP contribution < -0.4 is 5.14 Å². The minimum atomic E-state index is -3.57. The Kier molecular flexibility index (Phi) is 4.82. The van der Waals surface area contributed by atoms with Crippen molar-refractivity contribution in [3.63, 3.8) is 0 Å². The first kappa shape index (κ1) is 16.5. The van der Waals surface area contributed by atoms with Gasteiger partial charge in [0.25, 0.3) is 0 Å². The van der Waals surface area contributed by atoms with Crippen LogP contribution in [-0.2, 0) is 14.8 Å². The second kappa shape index (κ2) is 6.12. The highest BCUT2D eigenvalue weighted by Gasteiger charge is 2.34. The third kappa shape index (κ3) is 4.10. The molecule has 0 aromatic heterocycles. The molecule has 0 saturated carbocycles. The Hall–Kier alpha value is -0.820. The van der Waals surface area contributed by atoms with E-state index in [1.807, 2.05) is 6.92 Å². The van der Waals surface area contributed by atoms with E-state index in [4.69, 9.17) is 28.3 Å². The number of rotatable bonds is 4. The van der Waals surface area contributed by atoms with Crippen molar-refractivity contribution in [2.24, 2.45) is 11.1 Å². The Morgan fingerprint density at radius 2 is 2.05 bits per heavy atom. The normalized spacial score (nSPS) is 20.9. The summed E-state index contributed by atoms with van der Waals surface area (Å²) >= 11 is 11.9. The molecule has 8 heteroatoms. The highest BCUT2D eigenvalue weighted by atomic mass is 35.5. The third-order valence-electron chi connectivity index (χ3n) is 3.60. The van der Waals surface area contributed by atoms with Crippen LogP contribution in [0.5, 0.6) is 0 Å². The van der Waals surface area contributed by atoms with Gasteiger partial charge in [-0.3, -0.25) is 4.79 Å². The molecule has 116 valence electrons. The second-order valence-electron chi connectivity index (χ2n) is 5.30. The number of carbonyl (C=O) groups is 1. The van der Waals surface area contributed by atoms with Gasteiger partial charge < -0.3 is 4.90 Å². The number of halogens is 2. The maximum atomic E-state index is 12.1. The molecule has 0 radical (unpaired) electrons. The van der Waals surface area contributed by atoms with Gasteiger partial charge in [-0.15, -0.1) is 0 Å². The molecule has 2 rings (SSSR count). The molecular weight excluding hydrogens is 335 g/mol. The van der Waals surface area contributed by atoms with Crippen molar-refractivity contribution in [2.75, 3.05) is 12.3 Å². The predicted molar refractivity (Wildman–Crippen MR) is 82.7 cm³/mol. The number of hydrogen-bond donors (Lipinski definition) is 1. The predicted octanol–water partition coefficient (Wildman–Crippen LogP) is 2.19. The molecule has 0 bridgehead atoms. The van der Waals surface area contributed by atoms with E-state index in [9.17, 15) is 13.2 Å². The molecule has 0 aliphatic carbocycles. The van der Waals surface area contributed by atoms with Crippen LogP contribution in [-0.4, -0.2) is 31.5 Å². The Morgan fingerprint density at radius 1 is 1.38 bits per heavy atom. The topological polar surface area (TPSA) is 80.5 Å². The Morgan fingerprint density at radius 3 is 2.62 bits per heavy atom. The van der Waals surface area contributed by atoms with Gasteiger partial charge in [-0.25, -0.2) is 13.6 Å². The average molecular weight is 351 g/mol. The van der Waals surface area contributed by atoms with Crippen LogP contribution in [0.25, 0.3) is 0 Å². The fraction of sp³-hybridized carbons (Fsp3) is 0.462. The smallest absolute Gasteiger partial charge is 0.223 e. The molecule has 1 fully saturated rings. The lowest BCUT2D eigenvalue weighted by Gasteiger charge is -2.25. The second-order valence-corrected chi connectivity index (χ2v) is 7.77. The minimum absolute atomic E-state index is 0.0813. The van der Waals surface area contributed by atoms with Gasteiger partial charge >= 0.3 is 0 Å². The zero-order valence-corrected chi connectivity index (χ0v) is 13.7. The molecular formula is C13H16Cl2N2O3S. The van der Waals surface area contributed by atoms with Gasteiger partial charge in [-0.2, -0.15) is 0 Å². The molecule has 1 heterocycles. The number of primary sulfonamides is 1. The number of nitrogens with zero attached hydrogens (tertiary/aromatic N) is 1. The number of likely N-dealkylation sites (tertiary alicyclic amines) is 1. The summed E-state index contributed by atoms with van der Waals surface area (Å²) in [5.41, 5.74) is 0.856. The van der Waals surface area contributed by atoms with Crippen LogP contribution in [0.3, 0.4) is 0 Å². The molecule has 1 aromatic rings. The lowest BCUT2D eigenvalue weighted by Crippen LogP contribution is -2.30. The third-order valence-corrected chi connectivity index (χ3v) is 5.28. The summed E-state index contributed by atoms with van der Waals surface area (Å²) in [7, 11) is -3.57. The Balaban J connectivity index is 2.14. The zero-order valence-electron chi connectivity index (χ0n) is 11.4. The minimum Gasteiger partial charge on any atom is -0.336 e. The first-order chi connectivity index (χ1) is 9.67. The quantitative estimate of drug-likeness (QED) is 0.903. The van der Waals surface area contributed by atoms with E-state index >= 15 is 0 Å². The monoisotopic (exact) mass is 350 g/mol. The lowest BCUT2D eigenvalue weighted by atomic mass is 10.1. The van der Waals surface area contributed by atoms with E-state index in [0.717, 1.165) is 5.56 Å². The molecule has 0 spiro atoms. The molecule has 1 aliphatic heterocycles. The van der Waals surface area contributed by atoms with Crippen LogP contribution in [0.1, 0.15) is 24.9 Å². The molecule has 1 aliphatic rings. The van der Waals surface area contributed by atoms with Crippen molar-refractivity contribution in [1.29, 1.82) is 0 Å². The Bertz CT molecular complexity index is 663. The number of nitrogens with two attached hydrogens (primary N) is 1. The van der Waals surface area contributed by atoms with Gasteiger partial charge in [0.1, 0.15) is 0 Å². The van der Waals surface area contributed by atoms with Crippen LogP contribution in [0.2, 0.25) is 10.0 Å². The highest BCUT2D eigenvalue weighted by molar-refractivity contribution is 7.89. The van der Waals surface area contributed by atoms with Crippen LogP contribution in [0.4, 0.5) is 0 Å². The van der Waals surface area contributed by atoms with Crippen molar-refractivity contribution < 1.29 is 13.2 Å². The zero-order chi connectivity index (χ0) is 15.8. The first-order valence-corrected chi connectivity index (χ1v) is 8.89. The van der Waals surface area contributed by atoms with Crippen LogP contribution >= 0.6 is 23.2 Å². The largest absolute Gasteiger partial charge is 0.336 e. The SMILES string of the molecule is CC(c1ccc(Cl)c(Cl)c1)N1CC(CS(N)(=O)=O)CC1=O. The van der Waals surface area contributed by atoms with Crippen molar-refractivity contribution >= 4 is 39.1 Å². The highest BCUT2D eigenvalue weighted by Crippen LogP contribution is 2.32. The number of amides is 1. The molecule has 2 atom stereocenters.